The minimum absolute atomic E-state index is 0.0303. The third-order valence-corrected chi connectivity index (χ3v) is 3.22. The first kappa shape index (κ1) is 12.2. The molecule has 1 N–H and O–H groups in total. The van der Waals surface area contributed by atoms with Gasteiger partial charge in [0.1, 0.15) is 5.82 Å². The van der Waals surface area contributed by atoms with Gasteiger partial charge < -0.3 is 5.32 Å². The first-order valence-electron chi connectivity index (χ1n) is 5.14. The number of halogens is 2. The molecular weight excluding hydrogens is 332 g/mol. The fourth-order valence-electron chi connectivity index (χ4n) is 1.45. The van der Waals surface area contributed by atoms with Crippen molar-refractivity contribution in [2.24, 2.45) is 0 Å². The lowest BCUT2D eigenvalue weighted by molar-refractivity contribution is 0.627. The van der Waals surface area contributed by atoms with Crippen LogP contribution in [0.1, 0.15) is 18.7 Å². The van der Waals surface area contributed by atoms with E-state index < -0.39 is 0 Å². The summed E-state index contributed by atoms with van der Waals surface area (Å²) in [5.74, 6) is -0.230. The summed E-state index contributed by atoms with van der Waals surface area (Å²) in [4.78, 5) is 8.24. The molecule has 1 aromatic carbocycles. The second-order valence-corrected chi connectivity index (χ2v) is 4.78. The molecule has 0 aliphatic rings. The Labute approximate surface area is 113 Å². The predicted octanol–water partition coefficient (Wildman–Crippen LogP) is 3.39. The average molecular weight is 343 g/mol. The molecule has 0 saturated heterocycles. The van der Waals surface area contributed by atoms with Gasteiger partial charge in [-0.3, -0.25) is 9.97 Å². The maximum Gasteiger partial charge on any atom is 0.124 e. The van der Waals surface area contributed by atoms with Crippen molar-refractivity contribution < 1.29 is 4.39 Å². The Morgan fingerprint density at radius 2 is 2.18 bits per heavy atom. The topological polar surface area (TPSA) is 37.8 Å². The van der Waals surface area contributed by atoms with Crippen LogP contribution in [0.3, 0.4) is 0 Å². The minimum atomic E-state index is -0.230. The van der Waals surface area contributed by atoms with Crippen LogP contribution in [0.5, 0.6) is 0 Å². The van der Waals surface area contributed by atoms with Gasteiger partial charge in [-0.1, -0.05) is 0 Å². The summed E-state index contributed by atoms with van der Waals surface area (Å²) in [6.07, 6.45) is 5.01. The molecule has 1 unspecified atom stereocenters. The molecule has 2 aromatic rings. The Morgan fingerprint density at radius 1 is 1.35 bits per heavy atom. The highest BCUT2D eigenvalue weighted by Crippen LogP contribution is 2.23. The second kappa shape index (κ2) is 5.39. The summed E-state index contributed by atoms with van der Waals surface area (Å²) >= 11 is 2.10. The molecule has 0 amide bonds. The van der Waals surface area contributed by atoms with Crippen LogP contribution in [0.15, 0.2) is 36.8 Å². The zero-order chi connectivity index (χ0) is 12.3. The van der Waals surface area contributed by atoms with Gasteiger partial charge in [0, 0.05) is 21.7 Å². The summed E-state index contributed by atoms with van der Waals surface area (Å²) in [5.41, 5.74) is 1.75. The van der Waals surface area contributed by atoms with E-state index in [2.05, 4.69) is 37.9 Å². The summed E-state index contributed by atoms with van der Waals surface area (Å²) in [6, 6.07) is 4.69. The largest absolute Gasteiger partial charge is 0.376 e. The minimum Gasteiger partial charge on any atom is -0.376 e. The second-order valence-electron chi connectivity index (χ2n) is 3.62. The fraction of sp³-hybridized carbons (Fsp3) is 0.167. The van der Waals surface area contributed by atoms with E-state index in [1.54, 1.807) is 24.7 Å². The molecule has 0 spiro atoms. The monoisotopic (exact) mass is 343 g/mol. The molecule has 17 heavy (non-hydrogen) atoms. The van der Waals surface area contributed by atoms with Crippen LogP contribution in [-0.4, -0.2) is 9.97 Å². The molecule has 0 aliphatic heterocycles. The van der Waals surface area contributed by atoms with E-state index in [1.165, 1.54) is 12.1 Å². The van der Waals surface area contributed by atoms with Crippen LogP contribution < -0.4 is 5.32 Å². The molecular formula is C12H11FIN3. The number of benzene rings is 1. The van der Waals surface area contributed by atoms with Crippen molar-refractivity contribution >= 4 is 28.3 Å². The normalized spacial score (nSPS) is 12.2. The van der Waals surface area contributed by atoms with Gasteiger partial charge in [-0.2, -0.15) is 0 Å². The first-order chi connectivity index (χ1) is 8.16. The maximum absolute atomic E-state index is 13.0. The number of hydrogen-bond donors (Lipinski definition) is 1. The van der Waals surface area contributed by atoms with E-state index in [0.717, 1.165) is 15.0 Å². The quantitative estimate of drug-likeness (QED) is 0.869. The van der Waals surface area contributed by atoms with Crippen LogP contribution in [0, 0.1) is 9.39 Å². The molecule has 0 saturated carbocycles. The maximum atomic E-state index is 13.0. The first-order valence-corrected chi connectivity index (χ1v) is 6.22. The molecule has 0 fully saturated rings. The Kier molecular flexibility index (Phi) is 3.88. The zero-order valence-electron chi connectivity index (χ0n) is 9.19. The van der Waals surface area contributed by atoms with Gasteiger partial charge in [0.25, 0.3) is 0 Å². The average Bonchev–Trinajstić information content (AvgIpc) is 2.34. The standard InChI is InChI=1S/C12H11FIN3/c1-8(12-7-15-4-5-16-12)17-11-3-2-9(13)6-10(11)14/h2-8,17H,1H3. The highest BCUT2D eigenvalue weighted by atomic mass is 127. The molecule has 88 valence electrons. The van der Waals surface area contributed by atoms with E-state index in [1.807, 2.05) is 6.92 Å². The lowest BCUT2D eigenvalue weighted by Crippen LogP contribution is -2.09. The summed E-state index contributed by atoms with van der Waals surface area (Å²) in [7, 11) is 0. The third-order valence-electron chi connectivity index (χ3n) is 2.33. The molecule has 0 aliphatic carbocycles. The highest BCUT2D eigenvalue weighted by molar-refractivity contribution is 14.1. The van der Waals surface area contributed by atoms with Crippen molar-refractivity contribution in [1.82, 2.24) is 9.97 Å². The van der Waals surface area contributed by atoms with E-state index >= 15 is 0 Å². The van der Waals surface area contributed by atoms with Gasteiger partial charge in [0.15, 0.2) is 0 Å². The molecule has 0 radical (unpaired) electrons. The summed E-state index contributed by atoms with van der Waals surface area (Å²) in [5, 5.41) is 3.28. The van der Waals surface area contributed by atoms with E-state index in [9.17, 15) is 4.39 Å². The molecule has 5 heteroatoms. The lowest BCUT2D eigenvalue weighted by Gasteiger charge is -2.15. The SMILES string of the molecule is CC(Nc1ccc(F)cc1I)c1cnccn1. The third kappa shape index (κ3) is 3.12. The Morgan fingerprint density at radius 3 is 2.82 bits per heavy atom. The number of nitrogens with zero attached hydrogens (tertiary/aromatic N) is 2. The highest BCUT2D eigenvalue weighted by Gasteiger charge is 2.08. The smallest absolute Gasteiger partial charge is 0.124 e. The molecule has 1 atom stereocenters. The van der Waals surface area contributed by atoms with Gasteiger partial charge in [0.2, 0.25) is 0 Å². The molecule has 0 bridgehead atoms. The molecule has 1 aromatic heterocycles. The van der Waals surface area contributed by atoms with Crippen molar-refractivity contribution in [3.8, 4) is 0 Å². The number of aromatic nitrogens is 2. The fourth-order valence-corrected chi connectivity index (χ4v) is 2.08. The lowest BCUT2D eigenvalue weighted by atomic mass is 10.2. The predicted molar refractivity (Wildman–Crippen MR) is 73.2 cm³/mol. The van der Waals surface area contributed by atoms with Gasteiger partial charge in [-0.25, -0.2) is 4.39 Å². The summed E-state index contributed by atoms with van der Waals surface area (Å²) < 4.78 is 13.8. The van der Waals surface area contributed by atoms with Crippen LogP contribution in [-0.2, 0) is 0 Å². The number of anilines is 1. The van der Waals surface area contributed by atoms with Crippen molar-refractivity contribution in [1.29, 1.82) is 0 Å². The number of nitrogens with one attached hydrogen (secondary N) is 1. The zero-order valence-corrected chi connectivity index (χ0v) is 11.3. The Bertz CT molecular complexity index is 504. The van der Waals surface area contributed by atoms with Crippen LogP contribution in [0.2, 0.25) is 0 Å². The van der Waals surface area contributed by atoms with Crippen molar-refractivity contribution in [2.75, 3.05) is 5.32 Å². The van der Waals surface area contributed by atoms with Gasteiger partial charge in [-0.05, 0) is 47.7 Å². The van der Waals surface area contributed by atoms with Crippen molar-refractivity contribution in [3.63, 3.8) is 0 Å². The summed E-state index contributed by atoms with van der Waals surface area (Å²) in [6.45, 7) is 1.99. The van der Waals surface area contributed by atoms with Crippen molar-refractivity contribution in [3.05, 3.63) is 51.9 Å². The number of rotatable bonds is 3. The molecule has 1 heterocycles. The van der Waals surface area contributed by atoms with Crippen LogP contribution >= 0.6 is 22.6 Å². The van der Waals surface area contributed by atoms with E-state index in [4.69, 9.17) is 0 Å². The van der Waals surface area contributed by atoms with Gasteiger partial charge in [-0.15, -0.1) is 0 Å². The van der Waals surface area contributed by atoms with E-state index in [0.29, 0.717) is 0 Å². The van der Waals surface area contributed by atoms with E-state index in [-0.39, 0.29) is 11.9 Å². The van der Waals surface area contributed by atoms with Gasteiger partial charge >= 0.3 is 0 Å². The number of hydrogen-bond acceptors (Lipinski definition) is 3. The van der Waals surface area contributed by atoms with Crippen molar-refractivity contribution in [2.45, 2.75) is 13.0 Å². The van der Waals surface area contributed by atoms with Gasteiger partial charge in [0.05, 0.1) is 17.9 Å². The Hall–Kier alpha value is -1.24. The molecule has 3 nitrogen and oxygen atoms in total. The molecule has 2 rings (SSSR count). The van der Waals surface area contributed by atoms with Crippen LogP contribution in [0.4, 0.5) is 10.1 Å². The van der Waals surface area contributed by atoms with Crippen LogP contribution in [0.25, 0.3) is 0 Å². The Balaban J connectivity index is 2.16.